The Hall–Kier alpha value is -0.140. The molecule has 106 valence electrons. The number of rotatable bonds is 3. The molecule has 0 aromatic heterocycles. The molecule has 0 radical (unpaired) electrons. The van der Waals surface area contributed by atoms with Crippen LogP contribution in [0.25, 0.3) is 0 Å². The van der Waals surface area contributed by atoms with Crippen molar-refractivity contribution in [3.8, 4) is 0 Å². The number of hydrogen-bond donors (Lipinski definition) is 0. The largest absolute Gasteiger partial charge is 0.243 e. The predicted molar refractivity (Wildman–Crippen MR) is 86.1 cm³/mol. The van der Waals surface area contributed by atoms with E-state index in [1.54, 1.807) is 16.4 Å². The van der Waals surface area contributed by atoms with Crippen LogP contribution in [0.5, 0.6) is 0 Å². The van der Waals surface area contributed by atoms with Gasteiger partial charge in [0.2, 0.25) is 10.0 Å². The predicted octanol–water partition coefficient (Wildman–Crippen LogP) is 3.22. The normalized spacial score (nSPS) is 28.7. The summed E-state index contributed by atoms with van der Waals surface area (Å²) in [6.07, 6.45) is 0.932. The van der Waals surface area contributed by atoms with Gasteiger partial charge in [0, 0.05) is 17.0 Å². The maximum absolute atomic E-state index is 12.7. The van der Waals surface area contributed by atoms with E-state index < -0.39 is 10.0 Å². The molecule has 0 amide bonds. The molecule has 0 spiro atoms. The van der Waals surface area contributed by atoms with Gasteiger partial charge in [0.15, 0.2) is 0 Å². The van der Waals surface area contributed by atoms with Crippen molar-refractivity contribution in [3.05, 3.63) is 29.8 Å². The number of benzene rings is 1. The molecule has 19 heavy (non-hydrogen) atoms. The molecule has 1 heterocycles. The highest BCUT2D eigenvalue weighted by molar-refractivity contribution is 14.1. The summed E-state index contributed by atoms with van der Waals surface area (Å²) < 4.78 is 28.0. The molecular formula is C14H20INO2S. The van der Waals surface area contributed by atoms with Gasteiger partial charge < -0.3 is 0 Å². The molecule has 1 fully saturated rings. The zero-order valence-electron chi connectivity index (χ0n) is 11.6. The second kappa shape index (κ2) is 5.33. The van der Waals surface area contributed by atoms with Gasteiger partial charge in [-0.25, -0.2) is 8.42 Å². The lowest BCUT2D eigenvalue weighted by Crippen LogP contribution is -2.35. The molecule has 3 nitrogen and oxygen atoms in total. The average molecular weight is 393 g/mol. The van der Waals surface area contributed by atoms with E-state index in [2.05, 4.69) is 29.5 Å². The third-order valence-corrected chi connectivity index (χ3v) is 7.58. The fourth-order valence-corrected chi connectivity index (χ4v) is 5.01. The summed E-state index contributed by atoms with van der Waals surface area (Å²) in [7, 11) is -3.36. The van der Waals surface area contributed by atoms with E-state index in [1.165, 1.54) is 0 Å². The molecule has 5 heteroatoms. The first kappa shape index (κ1) is 15.3. The first-order valence-corrected chi connectivity index (χ1v) is 9.39. The van der Waals surface area contributed by atoms with Gasteiger partial charge in [-0.3, -0.25) is 0 Å². The molecule has 1 saturated heterocycles. The molecule has 0 saturated carbocycles. The fraction of sp³-hybridized carbons (Fsp3) is 0.571. The van der Waals surface area contributed by atoms with Gasteiger partial charge in [-0.2, -0.15) is 4.31 Å². The molecule has 0 bridgehead atoms. The third kappa shape index (κ3) is 2.97. The molecule has 1 aliphatic heterocycles. The van der Waals surface area contributed by atoms with Crippen molar-refractivity contribution in [1.29, 1.82) is 0 Å². The average Bonchev–Trinajstić information content (AvgIpc) is 2.67. The van der Waals surface area contributed by atoms with Crippen LogP contribution < -0.4 is 0 Å². The van der Waals surface area contributed by atoms with Gasteiger partial charge >= 0.3 is 0 Å². The van der Waals surface area contributed by atoms with Gasteiger partial charge in [0.1, 0.15) is 0 Å². The Kier molecular flexibility index (Phi) is 4.28. The zero-order valence-corrected chi connectivity index (χ0v) is 14.5. The summed E-state index contributed by atoms with van der Waals surface area (Å²) >= 11 is 2.35. The van der Waals surface area contributed by atoms with Crippen molar-refractivity contribution >= 4 is 32.6 Å². The molecule has 1 aromatic carbocycles. The highest BCUT2D eigenvalue weighted by Gasteiger charge is 2.43. The Morgan fingerprint density at radius 3 is 2.42 bits per heavy atom. The standard InChI is InChI=1S/C14H20INO2S/c1-11-4-6-13(7-5-11)19(17,18)16-10-14(3,9-15)8-12(16)2/h4-7,12H,8-10H2,1-3H3. The second-order valence-electron chi connectivity index (χ2n) is 5.86. The van der Waals surface area contributed by atoms with Crippen LogP contribution in [0.1, 0.15) is 25.8 Å². The lowest BCUT2D eigenvalue weighted by atomic mass is 9.91. The van der Waals surface area contributed by atoms with Gasteiger partial charge in [0.05, 0.1) is 4.90 Å². The van der Waals surface area contributed by atoms with Crippen molar-refractivity contribution in [3.63, 3.8) is 0 Å². The molecular weight excluding hydrogens is 373 g/mol. The van der Waals surface area contributed by atoms with Crippen LogP contribution in [0.3, 0.4) is 0 Å². The summed E-state index contributed by atoms with van der Waals surface area (Å²) in [4.78, 5) is 0.405. The van der Waals surface area contributed by atoms with E-state index >= 15 is 0 Å². The maximum atomic E-state index is 12.7. The van der Waals surface area contributed by atoms with E-state index in [-0.39, 0.29) is 11.5 Å². The number of alkyl halides is 1. The first-order chi connectivity index (χ1) is 8.78. The number of aryl methyl sites for hydroxylation is 1. The molecule has 2 atom stereocenters. The fourth-order valence-electron chi connectivity index (χ4n) is 2.68. The van der Waals surface area contributed by atoms with Crippen LogP contribution in [0, 0.1) is 12.3 Å². The SMILES string of the molecule is Cc1ccc(S(=O)(=O)N2CC(C)(CI)CC2C)cc1. The monoisotopic (exact) mass is 393 g/mol. The van der Waals surface area contributed by atoms with Gasteiger partial charge in [-0.1, -0.05) is 47.2 Å². The van der Waals surface area contributed by atoms with Crippen molar-refractivity contribution in [2.75, 3.05) is 11.0 Å². The van der Waals surface area contributed by atoms with Crippen LogP contribution in [0.2, 0.25) is 0 Å². The van der Waals surface area contributed by atoms with Crippen LogP contribution >= 0.6 is 22.6 Å². The van der Waals surface area contributed by atoms with Crippen molar-refractivity contribution in [2.24, 2.45) is 5.41 Å². The van der Waals surface area contributed by atoms with Crippen LogP contribution in [0.4, 0.5) is 0 Å². The summed E-state index contributed by atoms with van der Waals surface area (Å²) in [6.45, 7) is 6.75. The van der Waals surface area contributed by atoms with Crippen LogP contribution in [-0.2, 0) is 10.0 Å². The summed E-state index contributed by atoms with van der Waals surface area (Å²) in [6, 6.07) is 7.19. The number of sulfonamides is 1. The van der Waals surface area contributed by atoms with Gasteiger partial charge in [-0.05, 0) is 37.8 Å². The second-order valence-corrected chi connectivity index (χ2v) is 8.51. The van der Waals surface area contributed by atoms with E-state index in [9.17, 15) is 8.42 Å². The van der Waals surface area contributed by atoms with Crippen molar-refractivity contribution < 1.29 is 8.42 Å². The smallest absolute Gasteiger partial charge is 0.207 e. The first-order valence-electron chi connectivity index (χ1n) is 6.43. The maximum Gasteiger partial charge on any atom is 0.243 e. The van der Waals surface area contributed by atoms with Crippen LogP contribution in [-0.4, -0.2) is 29.7 Å². The van der Waals surface area contributed by atoms with Crippen molar-refractivity contribution in [1.82, 2.24) is 4.31 Å². The third-order valence-electron chi connectivity index (χ3n) is 3.77. The molecule has 2 rings (SSSR count). The Labute approximate surface area is 129 Å². The lowest BCUT2D eigenvalue weighted by Gasteiger charge is -2.23. The van der Waals surface area contributed by atoms with Gasteiger partial charge in [-0.15, -0.1) is 0 Å². The molecule has 1 aliphatic rings. The van der Waals surface area contributed by atoms with E-state index in [4.69, 9.17) is 0 Å². The summed E-state index contributed by atoms with van der Waals surface area (Å²) in [5.74, 6) is 0. The minimum atomic E-state index is -3.36. The summed E-state index contributed by atoms with van der Waals surface area (Å²) in [5, 5.41) is 0. The highest BCUT2D eigenvalue weighted by Crippen LogP contribution is 2.39. The molecule has 2 unspecified atom stereocenters. The number of nitrogens with zero attached hydrogens (tertiary/aromatic N) is 1. The van der Waals surface area contributed by atoms with E-state index in [1.807, 2.05) is 26.0 Å². The van der Waals surface area contributed by atoms with Crippen molar-refractivity contribution in [2.45, 2.75) is 38.1 Å². The highest BCUT2D eigenvalue weighted by atomic mass is 127. The zero-order chi connectivity index (χ0) is 14.3. The topological polar surface area (TPSA) is 37.4 Å². The molecule has 0 aliphatic carbocycles. The van der Waals surface area contributed by atoms with Gasteiger partial charge in [0.25, 0.3) is 0 Å². The summed E-state index contributed by atoms with van der Waals surface area (Å²) in [5.41, 5.74) is 1.17. The minimum Gasteiger partial charge on any atom is -0.207 e. The van der Waals surface area contributed by atoms with Crippen LogP contribution in [0.15, 0.2) is 29.2 Å². The Bertz CT molecular complexity index is 555. The minimum absolute atomic E-state index is 0.0751. The Balaban J connectivity index is 2.33. The molecule has 1 aromatic rings. The van der Waals surface area contributed by atoms with E-state index in [0.717, 1.165) is 16.4 Å². The molecule has 0 N–H and O–H groups in total. The Morgan fingerprint density at radius 2 is 1.95 bits per heavy atom. The van der Waals surface area contributed by atoms with E-state index in [0.29, 0.717) is 11.4 Å². The quantitative estimate of drug-likeness (QED) is 0.584. The number of halogens is 1. The number of hydrogen-bond acceptors (Lipinski definition) is 2. The Morgan fingerprint density at radius 1 is 1.37 bits per heavy atom. The lowest BCUT2D eigenvalue weighted by molar-refractivity contribution is 0.379.